The SMILES string of the molecule is CCOC(=O)C(Br)C(Br)C(F)(F)C(F)(F)C(F)(F)C(F)(F)C(F)(F)C(F)(F)F. The Labute approximate surface area is 164 Å². The van der Waals surface area contributed by atoms with Gasteiger partial charge >= 0.3 is 41.8 Å². The number of ether oxygens (including phenoxy) is 1. The highest BCUT2D eigenvalue weighted by molar-refractivity contribution is 9.12. The van der Waals surface area contributed by atoms with Crippen molar-refractivity contribution in [2.45, 2.75) is 52.4 Å². The molecule has 17 heteroatoms. The molecule has 0 aromatic rings. The van der Waals surface area contributed by atoms with Crippen molar-refractivity contribution in [3.8, 4) is 0 Å². The molecule has 2 nitrogen and oxygen atoms in total. The van der Waals surface area contributed by atoms with Gasteiger partial charge in [0.25, 0.3) is 0 Å². The summed E-state index contributed by atoms with van der Waals surface area (Å²) in [6.07, 6.45) is -7.48. The van der Waals surface area contributed by atoms with Crippen LogP contribution in [-0.2, 0) is 9.53 Å². The zero-order valence-corrected chi connectivity index (χ0v) is 16.0. The molecule has 168 valence electrons. The quantitative estimate of drug-likeness (QED) is 0.207. The zero-order valence-electron chi connectivity index (χ0n) is 12.8. The van der Waals surface area contributed by atoms with Crippen molar-refractivity contribution in [1.29, 1.82) is 0 Å². The summed E-state index contributed by atoms with van der Waals surface area (Å²) in [4.78, 5) is 5.11. The monoisotopic (exact) mass is 576 g/mol. The fourth-order valence-electron chi connectivity index (χ4n) is 1.48. The van der Waals surface area contributed by atoms with Crippen molar-refractivity contribution >= 4 is 37.8 Å². The summed E-state index contributed by atoms with van der Waals surface area (Å²) >= 11 is 3.69. The molecular formula is C11H7Br2F13O2. The molecule has 0 saturated heterocycles. The van der Waals surface area contributed by atoms with Crippen LogP contribution in [0.1, 0.15) is 6.92 Å². The first-order valence-corrected chi connectivity index (χ1v) is 8.29. The van der Waals surface area contributed by atoms with Crippen molar-refractivity contribution in [3.05, 3.63) is 0 Å². The van der Waals surface area contributed by atoms with Crippen molar-refractivity contribution in [3.63, 3.8) is 0 Å². The Kier molecular flexibility index (Phi) is 7.84. The second-order valence-corrected chi connectivity index (χ2v) is 6.95. The number of esters is 1. The first-order valence-electron chi connectivity index (χ1n) is 6.46. The number of carbonyl (C=O) groups is 1. The largest absolute Gasteiger partial charge is 0.465 e. The van der Waals surface area contributed by atoms with Gasteiger partial charge in [-0.3, -0.25) is 4.79 Å². The number of hydrogen-bond acceptors (Lipinski definition) is 2. The second kappa shape index (κ2) is 7.98. The van der Waals surface area contributed by atoms with Gasteiger partial charge in [-0.1, -0.05) is 31.9 Å². The highest BCUT2D eigenvalue weighted by Gasteiger charge is 2.91. The topological polar surface area (TPSA) is 26.3 Å². The van der Waals surface area contributed by atoms with E-state index in [1.165, 1.54) is 0 Å². The second-order valence-electron chi connectivity index (χ2n) is 4.97. The van der Waals surface area contributed by atoms with Crippen LogP contribution >= 0.6 is 31.9 Å². The summed E-state index contributed by atoms with van der Waals surface area (Å²) < 4.78 is 173. The molecule has 0 amide bonds. The average molecular weight is 578 g/mol. The predicted octanol–water partition coefficient (Wildman–Crippen LogP) is 5.82. The number of carbonyl (C=O) groups excluding carboxylic acids is 1. The van der Waals surface area contributed by atoms with Gasteiger partial charge in [0.05, 0.1) is 6.61 Å². The Morgan fingerprint density at radius 3 is 1.43 bits per heavy atom. The molecule has 0 aromatic heterocycles. The molecule has 0 saturated carbocycles. The molecule has 0 radical (unpaired) electrons. The summed E-state index contributed by atoms with van der Waals surface area (Å²) in [6.45, 7) is 0.566. The first kappa shape index (κ1) is 27.5. The third kappa shape index (κ3) is 4.05. The lowest BCUT2D eigenvalue weighted by atomic mass is 9.92. The standard InChI is InChI=1S/C11H7Br2F13O2/c1-2-28-5(27)3(12)4(13)6(14,15)7(16,17)8(18,19)9(20,21)10(22,23)11(24,25)26/h3-4H,2H2,1H3. The van der Waals surface area contributed by atoms with E-state index in [-0.39, 0.29) is 0 Å². The smallest absolute Gasteiger partial charge is 0.460 e. The van der Waals surface area contributed by atoms with Gasteiger partial charge in [-0.05, 0) is 6.92 Å². The van der Waals surface area contributed by atoms with Crippen LogP contribution in [0.15, 0.2) is 0 Å². The number of hydrogen-bond donors (Lipinski definition) is 0. The minimum atomic E-state index is -8.00. The van der Waals surface area contributed by atoms with Crippen LogP contribution in [0.2, 0.25) is 0 Å². The Morgan fingerprint density at radius 2 is 1.11 bits per heavy atom. The number of alkyl halides is 15. The van der Waals surface area contributed by atoms with Crippen LogP contribution in [0, 0.1) is 0 Å². The van der Waals surface area contributed by atoms with E-state index in [0.717, 1.165) is 6.92 Å². The van der Waals surface area contributed by atoms with Crippen LogP contribution < -0.4 is 0 Å². The molecule has 0 aliphatic rings. The van der Waals surface area contributed by atoms with Crippen LogP contribution in [0.5, 0.6) is 0 Å². The van der Waals surface area contributed by atoms with E-state index in [2.05, 4.69) is 4.74 Å². The highest BCUT2D eigenvalue weighted by atomic mass is 79.9. The normalized spacial score (nSPS) is 17.3. The molecule has 0 rings (SSSR count). The van der Waals surface area contributed by atoms with E-state index in [4.69, 9.17) is 0 Å². The molecule has 2 atom stereocenters. The van der Waals surface area contributed by atoms with Crippen LogP contribution in [0.25, 0.3) is 0 Å². The maximum atomic E-state index is 13.8. The van der Waals surface area contributed by atoms with Crippen LogP contribution in [0.3, 0.4) is 0 Å². The summed E-state index contributed by atoms with van der Waals surface area (Å²) in [5.41, 5.74) is 0. The van der Waals surface area contributed by atoms with Gasteiger partial charge in [0.15, 0.2) is 0 Å². The van der Waals surface area contributed by atoms with Gasteiger partial charge in [0.2, 0.25) is 0 Å². The first-order chi connectivity index (χ1) is 12.1. The molecular weight excluding hydrogens is 571 g/mol. The molecule has 0 bridgehead atoms. The number of halogens is 15. The van der Waals surface area contributed by atoms with Crippen molar-refractivity contribution in [2.75, 3.05) is 6.61 Å². The van der Waals surface area contributed by atoms with Crippen LogP contribution in [0.4, 0.5) is 57.1 Å². The van der Waals surface area contributed by atoms with Crippen molar-refractivity contribution < 1.29 is 66.6 Å². The molecule has 0 N–H and O–H groups in total. The predicted molar refractivity (Wildman–Crippen MR) is 72.9 cm³/mol. The molecule has 0 heterocycles. The lowest BCUT2D eigenvalue weighted by Crippen LogP contribution is -2.71. The Bertz CT molecular complexity index is 575. The number of rotatable bonds is 8. The average Bonchev–Trinajstić information content (AvgIpc) is 2.51. The van der Waals surface area contributed by atoms with E-state index < -0.39 is 58.0 Å². The van der Waals surface area contributed by atoms with Gasteiger partial charge in [0, 0.05) is 0 Å². The lowest BCUT2D eigenvalue weighted by Gasteiger charge is -2.41. The van der Waals surface area contributed by atoms with Gasteiger partial charge in [0.1, 0.15) is 9.65 Å². The minimum Gasteiger partial charge on any atom is -0.465 e. The fourth-order valence-corrected chi connectivity index (χ4v) is 2.45. The van der Waals surface area contributed by atoms with Gasteiger partial charge in [-0.25, -0.2) is 0 Å². The summed E-state index contributed by atoms with van der Waals surface area (Å²) in [5.74, 6) is -39.5. The van der Waals surface area contributed by atoms with Gasteiger partial charge in [-0.15, -0.1) is 0 Å². The fraction of sp³-hybridized carbons (Fsp3) is 0.909. The molecule has 0 spiro atoms. The Hall–Kier alpha value is -0.480. The van der Waals surface area contributed by atoms with Crippen molar-refractivity contribution in [2.24, 2.45) is 0 Å². The minimum absolute atomic E-state index is 0.533. The molecule has 0 aliphatic heterocycles. The molecule has 0 fully saturated rings. The van der Waals surface area contributed by atoms with Crippen molar-refractivity contribution in [1.82, 2.24) is 0 Å². The lowest BCUT2D eigenvalue weighted by molar-refractivity contribution is -0.439. The van der Waals surface area contributed by atoms with E-state index in [1.807, 2.05) is 15.9 Å². The Morgan fingerprint density at radius 1 is 0.750 bits per heavy atom. The summed E-state index contributed by atoms with van der Waals surface area (Å²) in [5, 5.41) is 0. The highest BCUT2D eigenvalue weighted by Crippen LogP contribution is 2.61. The van der Waals surface area contributed by atoms with E-state index >= 15 is 0 Å². The van der Waals surface area contributed by atoms with Gasteiger partial charge in [-0.2, -0.15) is 57.1 Å². The van der Waals surface area contributed by atoms with Crippen LogP contribution in [-0.4, -0.2) is 58.0 Å². The maximum Gasteiger partial charge on any atom is 0.460 e. The van der Waals surface area contributed by atoms with E-state index in [9.17, 15) is 61.9 Å². The third-order valence-corrected chi connectivity index (χ3v) is 5.79. The molecule has 0 aliphatic carbocycles. The summed E-state index contributed by atoms with van der Waals surface area (Å²) in [6, 6.07) is 0. The molecule has 2 unspecified atom stereocenters. The Balaban J connectivity index is 6.28. The van der Waals surface area contributed by atoms with Gasteiger partial charge < -0.3 is 4.74 Å². The molecule has 0 aromatic carbocycles. The van der Waals surface area contributed by atoms with E-state index in [1.54, 1.807) is 15.9 Å². The summed E-state index contributed by atoms with van der Waals surface area (Å²) in [7, 11) is 0. The third-order valence-electron chi connectivity index (χ3n) is 3.07. The van der Waals surface area contributed by atoms with E-state index in [0.29, 0.717) is 0 Å². The maximum absolute atomic E-state index is 13.8. The molecule has 28 heavy (non-hydrogen) atoms. The zero-order chi connectivity index (χ0) is 23.1.